The summed E-state index contributed by atoms with van der Waals surface area (Å²) < 4.78 is 10.8. The summed E-state index contributed by atoms with van der Waals surface area (Å²) in [6, 6.07) is 7.77. The van der Waals surface area contributed by atoms with Crippen molar-refractivity contribution < 1.29 is 9.47 Å². The third-order valence-corrected chi connectivity index (χ3v) is 2.30. The summed E-state index contributed by atoms with van der Waals surface area (Å²) in [5.74, 6) is 0.885. The van der Waals surface area contributed by atoms with Crippen LogP contribution in [0.5, 0.6) is 5.75 Å². The summed E-state index contributed by atoms with van der Waals surface area (Å²) in [4.78, 5) is 0. The van der Waals surface area contributed by atoms with Gasteiger partial charge in [0.25, 0.3) is 0 Å². The molecular weight excluding hydrogens is 202 g/mol. The van der Waals surface area contributed by atoms with Gasteiger partial charge in [-0.25, -0.2) is 0 Å². The number of ether oxygens (including phenoxy) is 2. The van der Waals surface area contributed by atoms with Crippen LogP contribution in [0.2, 0.25) is 0 Å². The number of halogens is 1. The van der Waals surface area contributed by atoms with Gasteiger partial charge < -0.3 is 15.2 Å². The summed E-state index contributed by atoms with van der Waals surface area (Å²) >= 11 is 0. The lowest BCUT2D eigenvalue weighted by atomic mass is 10.00. The Bertz CT molecular complexity index is 306. The first-order chi connectivity index (χ1) is 6.33. The molecule has 1 aliphatic rings. The average molecular weight is 216 g/mol. The maximum absolute atomic E-state index is 5.85. The predicted molar refractivity (Wildman–Crippen MR) is 56.9 cm³/mol. The van der Waals surface area contributed by atoms with E-state index in [9.17, 15) is 0 Å². The molecule has 1 aromatic carbocycles. The molecule has 0 radical (unpaired) electrons. The Kier molecular flexibility index (Phi) is 3.75. The van der Waals surface area contributed by atoms with Crippen LogP contribution in [0, 0.1) is 0 Å². The third kappa shape index (κ3) is 1.85. The zero-order valence-corrected chi connectivity index (χ0v) is 8.79. The van der Waals surface area contributed by atoms with Crippen LogP contribution in [-0.4, -0.2) is 19.8 Å². The van der Waals surface area contributed by atoms with E-state index in [-0.39, 0.29) is 24.6 Å². The third-order valence-electron chi connectivity index (χ3n) is 2.30. The standard InChI is InChI=1S/C10H13NO2.ClH/c1-12-10-7-4-2-3-5-9(7)13-6-8(10)11;/h2-5,8,10H,6,11H2,1H3;1H/t8-,10-;/m0./s1. The van der Waals surface area contributed by atoms with Crippen molar-refractivity contribution >= 4 is 12.4 Å². The Morgan fingerprint density at radius 3 is 2.86 bits per heavy atom. The second-order valence-electron chi connectivity index (χ2n) is 3.17. The zero-order chi connectivity index (χ0) is 9.26. The van der Waals surface area contributed by atoms with Crippen molar-refractivity contribution in [2.24, 2.45) is 5.73 Å². The maximum atomic E-state index is 5.85. The Balaban J connectivity index is 0.000000980. The number of methoxy groups -OCH3 is 1. The van der Waals surface area contributed by atoms with Crippen molar-refractivity contribution in [3.8, 4) is 5.75 Å². The lowest BCUT2D eigenvalue weighted by molar-refractivity contribution is 0.0454. The van der Waals surface area contributed by atoms with Crippen molar-refractivity contribution in [1.29, 1.82) is 0 Å². The first-order valence-corrected chi connectivity index (χ1v) is 4.33. The fourth-order valence-electron chi connectivity index (χ4n) is 1.65. The molecule has 0 spiro atoms. The molecule has 78 valence electrons. The molecule has 2 N–H and O–H groups in total. The Morgan fingerprint density at radius 1 is 1.43 bits per heavy atom. The fraction of sp³-hybridized carbons (Fsp3) is 0.400. The SMILES string of the molecule is CO[C@H]1c2ccccc2OC[C@@H]1N.Cl. The number of hydrogen-bond donors (Lipinski definition) is 1. The van der Waals surface area contributed by atoms with Gasteiger partial charge >= 0.3 is 0 Å². The predicted octanol–water partition coefficient (Wildman–Crippen LogP) is 1.52. The van der Waals surface area contributed by atoms with E-state index in [1.165, 1.54) is 0 Å². The topological polar surface area (TPSA) is 44.5 Å². The minimum Gasteiger partial charge on any atom is -0.491 e. The van der Waals surface area contributed by atoms with Crippen LogP contribution in [0.3, 0.4) is 0 Å². The first kappa shape index (κ1) is 11.3. The van der Waals surface area contributed by atoms with Gasteiger partial charge in [0.1, 0.15) is 18.5 Å². The van der Waals surface area contributed by atoms with Crippen molar-refractivity contribution in [1.82, 2.24) is 0 Å². The zero-order valence-electron chi connectivity index (χ0n) is 7.97. The number of para-hydroxylation sites is 1. The van der Waals surface area contributed by atoms with E-state index in [1.54, 1.807) is 7.11 Å². The molecule has 0 aromatic heterocycles. The maximum Gasteiger partial charge on any atom is 0.125 e. The minimum absolute atomic E-state index is 0. The molecular formula is C10H14ClNO2. The molecule has 0 saturated heterocycles. The van der Waals surface area contributed by atoms with Crippen LogP contribution in [0.4, 0.5) is 0 Å². The van der Waals surface area contributed by atoms with Gasteiger partial charge in [-0.2, -0.15) is 0 Å². The van der Waals surface area contributed by atoms with Crippen LogP contribution in [0.25, 0.3) is 0 Å². The van der Waals surface area contributed by atoms with Gasteiger partial charge in [0.05, 0.1) is 6.04 Å². The van der Waals surface area contributed by atoms with E-state index >= 15 is 0 Å². The van der Waals surface area contributed by atoms with E-state index in [1.807, 2.05) is 24.3 Å². The number of nitrogens with two attached hydrogens (primary N) is 1. The summed E-state index contributed by atoms with van der Waals surface area (Å²) in [7, 11) is 1.67. The smallest absolute Gasteiger partial charge is 0.125 e. The van der Waals surface area contributed by atoms with Gasteiger partial charge in [0.2, 0.25) is 0 Å². The molecule has 2 atom stereocenters. The van der Waals surface area contributed by atoms with Crippen LogP contribution in [0.1, 0.15) is 11.7 Å². The summed E-state index contributed by atoms with van der Waals surface area (Å²) in [6.45, 7) is 0.523. The lowest BCUT2D eigenvalue weighted by Crippen LogP contribution is -2.38. The van der Waals surface area contributed by atoms with Crippen molar-refractivity contribution in [3.63, 3.8) is 0 Å². The molecule has 0 aliphatic carbocycles. The molecule has 0 saturated carbocycles. The largest absolute Gasteiger partial charge is 0.491 e. The molecule has 4 heteroatoms. The summed E-state index contributed by atoms with van der Waals surface area (Å²) in [5, 5.41) is 0. The number of benzene rings is 1. The van der Waals surface area contributed by atoms with Gasteiger partial charge in [-0.15, -0.1) is 12.4 Å². The average Bonchev–Trinajstić information content (AvgIpc) is 2.18. The minimum atomic E-state index is -0.0695. The summed E-state index contributed by atoms with van der Waals surface area (Å²) in [6.07, 6.45) is -0.0371. The highest BCUT2D eigenvalue weighted by atomic mass is 35.5. The first-order valence-electron chi connectivity index (χ1n) is 4.33. The molecule has 3 nitrogen and oxygen atoms in total. The Labute approximate surface area is 89.6 Å². The molecule has 2 rings (SSSR count). The molecule has 0 amide bonds. The van der Waals surface area contributed by atoms with E-state index in [2.05, 4.69) is 0 Å². The molecule has 1 aliphatic heterocycles. The normalized spacial score (nSPS) is 24.4. The highest BCUT2D eigenvalue weighted by molar-refractivity contribution is 5.85. The molecule has 0 unspecified atom stereocenters. The van der Waals surface area contributed by atoms with E-state index < -0.39 is 0 Å². The van der Waals surface area contributed by atoms with Crippen molar-refractivity contribution in [2.75, 3.05) is 13.7 Å². The Hall–Kier alpha value is -0.770. The van der Waals surface area contributed by atoms with Gasteiger partial charge in [0.15, 0.2) is 0 Å². The highest BCUT2D eigenvalue weighted by Crippen LogP contribution is 2.32. The van der Waals surface area contributed by atoms with Crippen molar-refractivity contribution in [2.45, 2.75) is 12.1 Å². The number of fused-ring (bicyclic) bond motifs is 1. The van der Waals surface area contributed by atoms with Gasteiger partial charge in [0, 0.05) is 12.7 Å². The van der Waals surface area contributed by atoms with Crippen LogP contribution in [0.15, 0.2) is 24.3 Å². The van der Waals surface area contributed by atoms with E-state index in [0.717, 1.165) is 11.3 Å². The van der Waals surface area contributed by atoms with Gasteiger partial charge in [-0.3, -0.25) is 0 Å². The van der Waals surface area contributed by atoms with E-state index in [0.29, 0.717) is 6.61 Å². The monoisotopic (exact) mass is 215 g/mol. The van der Waals surface area contributed by atoms with Crippen LogP contribution in [-0.2, 0) is 4.74 Å². The molecule has 0 bridgehead atoms. The number of rotatable bonds is 1. The quantitative estimate of drug-likeness (QED) is 0.773. The number of hydrogen-bond acceptors (Lipinski definition) is 3. The summed E-state index contributed by atoms with van der Waals surface area (Å²) in [5.41, 5.74) is 6.90. The van der Waals surface area contributed by atoms with Crippen LogP contribution >= 0.6 is 12.4 Å². The molecule has 1 heterocycles. The second kappa shape index (κ2) is 4.64. The Morgan fingerprint density at radius 2 is 2.14 bits per heavy atom. The van der Waals surface area contributed by atoms with Gasteiger partial charge in [-0.1, -0.05) is 18.2 Å². The lowest BCUT2D eigenvalue weighted by Gasteiger charge is -2.29. The molecule has 14 heavy (non-hydrogen) atoms. The molecule has 0 fully saturated rings. The van der Waals surface area contributed by atoms with Gasteiger partial charge in [-0.05, 0) is 6.07 Å². The van der Waals surface area contributed by atoms with E-state index in [4.69, 9.17) is 15.2 Å². The second-order valence-corrected chi connectivity index (χ2v) is 3.17. The highest BCUT2D eigenvalue weighted by Gasteiger charge is 2.27. The van der Waals surface area contributed by atoms with Crippen LogP contribution < -0.4 is 10.5 Å². The fourth-order valence-corrected chi connectivity index (χ4v) is 1.65. The molecule has 1 aromatic rings. The van der Waals surface area contributed by atoms with Crippen molar-refractivity contribution in [3.05, 3.63) is 29.8 Å².